The summed E-state index contributed by atoms with van der Waals surface area (Å²) in [4.78, 5) is 11.8. The maximum Gasteiger partial charge on any atom is 0.315 e. The van der Waals surface area contributed by atoms with Crippen LogP contribution < -0.4 is 10.6 Å². The molecule has 0 bridgehead atoms. The maximum absolute atomic E-state index is 11.8. The van der Waals surface area contributed by atoms with Gasteiger partial charge in [0, 0.05) is 13.2 Å². The molecule has 1 aliphatic heterocycles. The van der Waals surface area contributed by atoms with Crippen LogP contribution in [0.15, 0.2) is 24.3 Å². The van der Waals surface area contributed by atoms with Gasteiger partial charge >= 0.3 is 6.03 Å². The Morgan fingerprint density at radius 3 is 2.84 bits per heavy atom. The lowest BCUT2D eigenvalue weighted by atomic mass is 10.1. The average molecular weight is 262 g/mol. The first kappa shape index (κ1) is 13.9. The van der Waals surface area contributed by atoms with Gasteiger partial charge in [-0.05, 0) is 30.4 Å². The Morgan fingerprint density at radius 2 is 2.16 bits per heavy atom. The standard InChI is InChI=1S/C15H22N2O2/c1-2-12-6-3-4-7-13(12)10-16-15(18)17-14-8-5-9-19-11-14/h3-4,6-7,14H,2,5,8-11H2,1H3,(H2,16,17,18). The SMILES string of the molecule is CCc1ccccc1CNC(=O)NC1CCCOC1. The van der Waals surface area contributed by atoms with Crippen LogP contribution in [0.5, 0.6) is 0 Å². The van der Waals surface area contributed by atoms with Crippen LogP contribution >= 0.6 is 0 Å². The summed E-state index contributed by atoms with van der Waals surface area (Å²) in [6.45, 7) is 4.13. The van der Waals surface area contributed by atoms with Gasteiger partial charge in [-0.15, -0.1) is 0 Å². The number of nitrogens with one attached hydrogen (secondary N) is 2. The van der Waals surface area contributed by atoms with Crippen molar-refractivity contribution in [3.05, 3.63) is 35.4 Å². The van der Waals surface area contributed by atoms with E-state index in [1.54, 1.807) is 0 Å². The topological polar surface area (TPSA) is 50.4 Å². The van der Waals surface area contributed by atoms with Crippen molar-refractivity contribution in [3.63, 3.8) is 0 Å². The van der Waals surface area contributed by atoms with Gasteiger partial charge in [0.05, 0.1) is 12.6 Å². The van der Waals surface area contributed by atoms with Crippen LogP contribution in [0, 0.1) is 0 Å². The average Bonchev–Trinajstić information content (AvgIpc) is 2.46. The van der Waals surface area contributed by atoms with E-state index in [0.717, 1.165) is 25.9 Å². The molecule has 1 saturated heterocycles. The van der Waals surface area contributed by atoms with E-state index in [-0.39, 0.29) is 12.1 Å². The number of amides is 2. The predicted octanol–water partition coefficient (Wildman–Crippen LogP) is 2.23. The van der Waals surface area contributed by atoms with Crippen molar-refractivity contribution in [1.29, 1.82) is 0 Å². The van der Waals surface area contributed by atoms with Gasteiger partial charge in [-0.3, -0.25) is 0 Å². The van der Waals surface area contributed by atoms with E-state index in [1.165, 1.54) is 11.1 Å². The quantitative estimate of drug-likeness (QED) is 0.874. The third-order valence-electron chi connectivity index (χ3n) is 3.43. The lowest BCUT2D eigenvalue weighted by molar-refractivity contribution is 0.0732. The number of urea groups is 1. The number of rotatable bonds is 4. The van der Waals surface area contributed by atoms with Gasteiger partial charge in [0.2, 0.25) is 0 Å². The van der Waals surface area contributed by atoms with Crippen molar-refractivity contribution >= 4 is 6.03 Å². The molecule has 2 rings (SSSR count). The van der Waals surface area contributed by atoms with Crippen LogP contribution in [0.3, 0.4) is 0 Å². The molecular formula is C15H22N2O2. The second kappa shape index (κ2) is 7.14. The van der Waals surface area contributed by atoms with E-state index >= 15 is 0 Å². The van der Waals surface area contributed by atoms with Gasteiger partial charge < -0.3 is 15.4 Å². The summed E-state index contributed by atoms with van der Waals surface area (Å²) >= 11 is 0. The lowest BCUT2D eigenvalue weighted by Crippen LogP contribution is -2.45. The Morgan fingerprint density at radius 1 is 1.37 bits per heavy atom. The number of hydrogen-bond acceptors (Lipinski definition) is 2. The first-order valence-corrected chi connectivity index (χ1v) is 6.98. The maximum atomic E-state index is 11.8. The molecule has 19 heavy (non-hydrogen) atoms. The molecule has 0 saturated carbocycles. The molecule has 1 aromatic carbocycles. The molecule has 4 nitrogen and oxygen atoms in total. The second-order valence-electron chi connectivity index (χ2n) is 4.86. The third kappa shape index (κ3) is 4.24. The summed E-state index contributed by atoms with van der Waals surface area (Å²) in [6.07, 6.45) is 3.00. The molecule has 0 radical (unpaired) electrons. The van der Waals surface area contributed by atoms with Crippen LogP contribution in [0.2, 0.25) is 0 Å². The van der Waals surface area contributed by atoms with Gasteiger partial charge in [0.1, 0.15) is 0 Å². The van der Waals surface area contributed by atoms with Crippen molar-refractivity contribution in [2.24, 2.45) is 0 Å². The van der Waals surface area contributed by atoms with Crippen LogP contribution in [0.4, 0.5) is 4.79 Å². The van der Waals surface area contributed by atoms with Crippen LogP contribution in [0.1, 0.15) is 30.9 Å². The lowest BCUT2D eigenvalue weighted by Gasteiger charge is -2.23. The number of ether oxygens (including phenoxy) is 1. The van der Waals surface area contributed by atoms with Gasteiger partial charge in [0.25, 0.3) is 0 Å². The molecule has 0 aliphatic carbocycles. The molecule has 0 aromatic heterocycles. The summed E-state index contributed by atoms with van der Waals surface area (Å²) in [5.41, 5.74) is 2.46. The highest BCUT2D eigenvalue weighted by Crippen LogP contribution is 2.09. The minimum absolute atomic E-state index is 0.110. The Labute approximate surface area is 114 Å². The fourth-order valence-corrected chi connectivity index (χ4v) is 2.34. The normalized spacial score (nSPS) is 18.9. The minimum atomic E-state index is -0.110. The fraction of sp³-hybridized carbons (Fsp3) is 0.533. The van der Waals surface area contributed by atoms with Crippen molar-refractivity contribution < 1.29 is 9.53 Å². The smallest absolute Gasteiger partial charge is 0.315 e. The highest BCUT2D eigenvalue weighted by atomic mass is 16.5. The van der Waals surface area contributed by atoms with Gasteiger partial charge in [-0.1, -0.05) is 31.2 Å². The largest absolute Gasteiger partial charge is 0.379 e. The highest BCUT2D eigenvalue weighted by molar-refractivity contribution is 5.74. The van der Waals surface area contributed by atoms with Crippen molar-refractivity contribution in [2.75, 3.05) is 13.2 Å². The van der Waals surface area contributed by atoms with E-state index in [9.17, 15) is 4.79 Å². The molecule has 1 unspecified atom stereocenters. The minimum Gasteiger partial charge on any atom is -0.379 e. The summed E-state index contributed by atoms with van der Waals surface area (Å²) in [5, 5.41) is 5.87. The summed E-state index contributed by atoms with van der Waals surface area (Å²) in [7, 11) is 0. The molecular weight excluding hydrogens is 240 g/mol. The van der Waals surface area contributed by atoms with E-state index < -0.39 is 0 Å². The second-order valence-corrected chi connectivity index (χ2v) is 4.86. The molecule has 1 heterocycles. The van der Waals surface area contributed by atoms with Gasteiger partial charge in [-0.25, -0.2) is 4.79 Å². The number of aryl methyl sites for hydroxylation is 1. The first-order chi connectivity index (χ1) is 9.29. The van der Waals surface area contributed by atoms with E-state index in [2.05, 4.69) is 29.7 Å². The molecule has 1 aliphatic rings. The molecule has 2 amide bonds. The predicted molar refractivity (Wildman–Crippen MR) is 75.0 cm³/mol. The molecule has 1 atom stereocenters. The zero-order chi connectivity index (χ0) is 13.5. The third-order valence-corrected chi connectivity index (χ3v) is 3.43. The molecule has 1 fully saturated rings. The monoisotopic (exact) mass is 262 g/mol. The van der Waals surface area contributed by atoms with Crippen LogP contribution in [-0.2, 0) is 17.7 Å². The Hall–Kier alpha value is -1.55. The van der Waals surface area contributed by atoms with E-state index in [1.807, 2.05) is 12.1 Å². The van der Waals surface area contributed by atoms with Gasteiger partial charge in [0.15, 0.2) is 0 Å². The van der Waals surface area contributed by atoms with Crippen LogP contribution in [0.25, 0.3) is 0 Å². The number of carbonyl (C=O) groups is 1. The van der Waals surface area contributed by atoms with Gasteiger partial charge in [-0.2, -0.15) is 0 Å². The number of benzene rings is 1. The Bertz CT molecular complexity index is 414. The number of hydrogen-bond donors (Lipinski definition) is 2. The van der Waals surface area contributed by atoms with Crippen molar-refractivity contribution in [1.82, 2.24) is 10.6 Å². The van der Waals surface area contributed by atoms with E-state index in [0.29, 0.717) is 13.2 Å². The highest BCUT2D eigenvalue weighted by Gasteiger charge is 2.15. The van der Waals surface area contributed by atoms with Crippen LogP contribution in [-0.4, -0.2) is 25.3 Å². The molecule has 0 spiro atoms. The summed E-state index contributed by atoms with van der Waals surface area (Å²) < 4.78 is 5.34. The van der Waals surface area contributed by atoms with E-state index in [4.69, 9.17) is 4.74 Å². The Balaban J connectivity index is 1.79. The van der Waals surface area contributed by atoms with Crippen molar-refractivity contribution in [2.45, 2.75) is 38.8 Å². The first-order valence-electron chi connectivity index (χ1n) is 6.98. The molecule has 1 aromatic rings. The summed E-state index contributed by atoms with van der Waals surface area (Å²) in [5.74, 6) is 0. The van der Waals surface area contributed by atoms with Crippen molar-refractivity contribution in [3.8, 4) is 0 Å². The zero-order valence-corrected chi connectivity index (χ0v) is 11.4. The zero-order valence-electron chi connectivity index (χ0n) is 11.4. The number of carbonyl (C=O) groups excluding carboxylic acids is 1. The molecule has 2 N–H and O–H groups in total. The molecule has 104 valence electrons. The summed E-state index contributed by atoms with van der Waals surface area (Å²) in [6, 6.07) is 8.23. The Kier molecular flexibility index (Phi) is 5.21. The molecule has 4 heteroatoms. The fourth-order valence-electron chi connectivity index (χ4n) is 2.34.